The fourth-order valence-corrected chi connectivity index (χ4v) is 1.78. The highest BCUT2D eigenvalue weighted by molar-refractivity contribution is 9.10. The van der Waals surface area contributed by atoms with Crippen molar-refractivity contribution in [3.8, 4) is 0 Å². The van der Waals surface area contributed by atoms with Crippen molar-refractivity contribution in [1.29, 1.82) is 0 Å². The van der Waals surface area contributed by atoms with Gasteiger partial charge in [-0.25, -0.2) is 5.43 Å². The van der Waals surface area contributed by atoms with Crippen molar-refractivity contribution in [2.45, 2.75) is 0 Å². The number of rotatable bonds is 3. The first-order chi connectivity index (χ1) is 8.77. The Bertz CT molecular complexity index is 567. The molecule has 18 heavy (non-hydrogen) atoms. The standard InChI is InChI=1S/C14H11BrN2O/c15-13-9-5-4-8-12(13)10-16-17-14(18)11-6-2-1-3-7-11/h1-10H,(H,17,18)/b16-10+. The van der Waals surface area contributed by atoms with Crippen LogP contribution in [-0.2, 0) is 0 Å². The predicted octanol–water partition coefficient (Wildman–Crippen LogP) is 3.21. The lowest BCUT2D eigenvalue weighted by Gasteiger charge is -1.99. The van der Waals surface area contributed by atoms with Gasteiger partial charge in [0, 0.05) is 15.6 Å². The van der Waals surface area contributed by atoms with Crippen LogP contribution >= 0.6 is 15.9 Å². The largest absolute Gasteiger partial charge is 0.271 e. The Hall–Kier alpha value is -1.94. The lowest BCUT2D eigenvalue weighted by atomic mass is 10.2. The molecule has 3 nitrogen and oxygen atoms in total. The van der Waals surface area contributed by atoms with Crippen LogP contribution in [0.4, 0.5) is 0 Å². The van der Waals surface area contributed by atoms with E-state index < -0.39 is 0 Å². The summed E-state index contributed by atoms with van der Waals surface area (Å²) in [5.41, 5.74) is 3.98. The lowest BCUT2D eigenvalue weighted by Crippen LogP contribution is -2.17. The summed E-state index contributed by atoms with van der Waals surface area (Å²) in [5.74, 6) is -0.223. The minimum atomic E-state index is -0.223. The Kier molecular flexibility index (Phi) is 4.25. The van der Waals surface area contributed by atoms with Crippen LogP contribution in [0.5, 0.6) is 0 Å². The molecule has 4 heteroatoms. The average molecular weight is 303 g/mol. The van der Waals surface area contributed by atoms with Crippen molar-refractivity contribution >= 4 is 28.1 Å². The summed E-state index contributed by atoms with van der Waals surface area (Å²) >= 11 is 3.40. The Morgan fingerprint density at radius 3 is 2.44 bits per heavy atom. The second-order valence-electron chi connectivity index (χ2n) is 3.59. The zero-order valence-electron chi connectivity index (χ0n) is 9.51. The maximum atomic E-state index is 11.7. The van der Waals surface area contributed by atoms with Crippen molar-refractivity contribution in [2.24, 2.45) is 5.10 Å². The van der Waals surface area contributed by atoms with Gasteiger partial charge < -0.3 is 0 Å². The monoisotopic (exact) mass is 302 g/mol. The summed E-state index contributed by atoms with van der Waals surface area (Å²) in [7, 11) is 0. The molecule has 1 N–H and O–H groups in total. The molecule has 0 bridgehead atoms. The van der Waals surface area contributed by atoms with Gasteiger partial charge in [-0.05, 0) is 18.2 Å². The van der Waals surface area contributed by atoms with E-state index in [4.69, 9.17) is 0 Å². The zero-order valence-corrected chi connectivity index (χ0v) is 11.1. The molecule has 90 valence electrons. The topological polar surface area (TPSA) is 41.5 Å². The molecule has 1 amide bonds. The van der Waals surface area contributed by atoms with Crippen molar-refractivity contribution in [2.75, 3.05) is 0 Å². The van der Waals surface area contributed by atoms with Gasteiger partial charge in [0.1, 0.15) is 0 Å². The Labute approximate surface area is 114 Å². The van der Waals surface area contributed by atoms with E-state index in [0.29, 0.717) is 5.56 Å². The van der Waals surface area contributed by atoms with Gasteiger partial charge in [-0.1, -0.05) is 52.3 Å². The number of nitrogens with one attached hydrogen (secondary N) is 1. The van der Waals surface area contributed by atoms with Crippen molar-refractivity contribution in [1.82, 2.24) is 5.43 Å². The van der Waals surface area contributed by atoms with Crippen LogP contribution in [0.2, 0.25) is 0 Å². The van der Waals surface area contributed by atoms with E-state index in [9.17, 15) is 4.79 Å². The summed E-state index contributed by atoms with van der Waals surface area (Å²) in [5, 5.41) is 3.92. The number of benzene rings is 2. The third-order valence-corrected chi connectivity index (χ3v) is 3.03. The molecule has 2 rings (SSSR count). The quantitative estimate of drug-likeness (QED) is 0.686. The summed E-state index contributed by atoms with van der Waals surface area (Å²) < 4.78 is 0.933. The number of carbonyl (C=O) groups excluding carboxylic acids is 1. The number of nitrogens with zero attached hydrogens (tertiary/aromatic N) is 1. The third kappa shape index (κ3) is 3.28. The highest BCUT2D eigenvalue weighted by Crippen LogP contribution is 2.13. The smallest absolute Gasteiger partial charge is 0.267 e. The first-order valence-corrected chi connectivity index (χ1v) is 6.19. The molecule has 0 spiro atoms. The van der Waals surface area contributed by atoms with Crippen LogP contribution < -0.4 is 5.43 Å². The van der Waals surface area contributed by atoms with E-state index >= 15 is 0 Å². The van der Waals surface area contributed by atoms with Crippen LogP contribution in [0.25, 0.3) is 0 Å². The maximum Gasteiger partial charge on any atom is 0.271 e. The van der Waals surface area contributed by atoms with Crippen LogP contribution in [0.1, 0.15) is 15.9 Å². The number of halogens is 1. The van der Waals surface area contributed by atoms with Gasteiger partial charge in [-0.15, -0.1) is 0 Å². The minimum absolute atomic E-state index is 0.223. The van der Waals surface area contributed by atoms with Gasteiger partial charge in [0.25, 0.3) is 5.91 Å². The SMILES string of the molecule is O=C(N/N=C/c1ccccc1Br)c1ccccc1. The van der Waals surface area contributed by atoms with Gasteiger partial charge in [-0.2, -0.15) is 5.10 Å². The van der Waals surface area contributed by atoms with Gasteiger partial charge in [0.05, 0.1) is 6.21 Å². The van der Waals surface area contributed by atoms with Crippen molar-refractivity contribution < 1.29 is 4.79 Å². The lowest BCUT2D eigenvalue weighted by molar-refractivity contribution is 0.0955. The Morgan fingerprint density at radius 1 is 1.06 bits per heavy atom. The molecule has 0 unspecified atom stereocenters. The summed E-state index contributed by atoms with van der Waals surface area (Å²) in [6.07, 6.45) is 1.60. The van der Waals surface area contributed by atoms with E-state index in [0.717, 1.165) is 10.0 Å². The number of hydrogen-bond donors (Lipinski definition) is 1. The molecule has 0 aliphatic rings. The molecule has 0 aromatic heterocycles. The third-order valence-electron chi connectivity index (χ3n) is 2.31. The van der Waals surface area contributed by atoms with Crippen LogP contribution in [0, 0.1) is 0 Å². The van der Waals surface area contributed by atoms with Crippen molar-refractivity contribution in [3.05, 3.63) is 70.2 Å². The fourth-order valence-electron chi connectivity index (χ4n) is 1.39. The Balaban J connectivity index is 2.00. The van der Waals surface area contributed by atoms with Crippen LogP contribution in [0.15, 0.2) is 64.2 Å². The number of hydrazone groups is 1. The molecule has 0 fully saturated rings. The summed E-state index contributed by atoms with van der Waals surface area (Å²) in [6.45, 7) is 0. The molecule has 0 aliphatic carbocycles. The molecule has 0 heterocycles. The first kappa shape index (κ1) is 12.5. The predicted molar refractivity (Wildman–Crippen MR) is 75.6 cm³/mol. The fraction of sp³-hybridized carbons (Fsp3) is 0. The number of amides is 1. The summed E-state index contributed by atoms with van der Waals surface area (Å²) in [6, 6.07) is 16.6. The average Bonchev–Trinajstić information content (AvgIpc) is 2.42. The van der Waals surface area contributed by atoms with E-state index in [-0.39, 0.29) is 5.91 Å². The first-order valence-electron chi connectivity index (χ1n) is 5.40. The molecular formula is C14H11BrN2O. The van der Waals surface area contributed by atoms with E-state index in [1.54, 1.807) is 18.3 Å². The second kappa shape index (κ2) is 6.12. The van der Waals surface area contributed by atoms with Crippen LogP contribution in [-0.4, -0.2) is 12.1 Å². The Morgan fingerprint density at radius 2 is 1.72 bits per heavy atom. The molecule has 0 radical (unpaired) electrons. The molecule has 2 aromatic carbocycles. The highest BCUT2D eigenvalue weighted by Gasteiger charge is 2.01. The molecule has 0 aliphatic heterocycles. The van der Waals surface area contributed by atoms with Gasteiger partial charge in [0.2, 0.25) is 0 Å². The molecule has 0 saturated carbocycles. The van der Waals surface area contributed by atoms with Gasteiger partial charge in [-0.3, -0.25) is 4.79 Å². The number of hydrogen-bond acceptors (Lipinski definition) is 2. The molecule has 0 saturated heterocycles. The highest BCUT2D eigenvalue weighted by atomic mass is 79.9. The minimum Gasteiger partial charge on any atom is -0.267 e. The molecular weight excluding hydrogens is 292 g/mol. The van der Waals surface area contributed by atoms with Gasteiger partial charge in [0.15, 0.2) is 0 Å². The maximum absolute atomic E-state index is 11.7. The van der Waals surface area contributed by atoms with E-state index in [2.05, 4.69) is 26.5 Å². The zero-order chi connectivity index (χ0) is 12.8. The van der Waals surface area contributed by atoms with Crippen LogP contribution in [0.3, 0.4) is 0 Å². The summed E-state index contributed by atoms with van der Waals surface area (Å²) in [4.78, 5) is 11.7. The van der Waals surface area contributed by atoms with E-state index in [1.165, 1.54) is 0 Å². The van der Waals surface area contributed by atoms with E-state index in [1.807, 2.05) is 42.5 Å². The second-order valence-corrected chi connectivity index (χ2v) is 4.44. The van der Waals surface area contributed by atoms with Crippen molar-refractivity contribution in [3.63, 3.8) is 0 Å². The number of carbonyl (C=O) groups is 1. The molecule has 2 aromatic rings. The normalized spacial score (nSPS) is 10.5. The van der Waals surface area contributed by atoms with Gasteiger partial charge >= 0.3 is 0 Å². The molecule has 0 atom stereocenters.